The lowest BCUT2D eigenvalue weighted by atomic mass is 10.2. The predicted octanol–water partition coefficient (Wildman–Crippen LogP) is 4.81. The summed E-state index contributed by atoms with van der Waals surface area (Å²) in [5.41, 5.74) is 1.62. The number of halogens is 1. The maximum Gasteiger partial charge on any atom is 0.263 e. The quantitative estimate of drug-likeness (QED) is 0.445. The average Bonchev–Trinajstić information content (AvgIpc) is 3.30. The molecule has 0 spiro atoms. The van der Waals surface area contributed by atoms with Crippen LogP contribution in [0.1, 0.15) is 10.4 Å². The highest BCUT2D eigenvalue weighted by Gasteiger charge is 2.17. The molecule has 0 aliphatic heterocycles. The van der Waals surface area contributed by atoms with Crippen molar-refractivity contribution in [3.8, 4) is 10.4 Å². The van der Waals surface area contributed by atoms with E-state index < -0.39 is 0 Å². The van der Waals surface area contributed by atoms with Gasteiger partial charge in [0.1, 0.15) is 11.4 Å². The van der Waals surface area contributed by atoms with Gasteiger partial charge in [-0.1, -0.05) is 23.7 Å². The zero-order chi connectivity index (χ0) is 20.5. The number of amides is 1. The van der Waals surface area contributed by atoms with E-state index in [0.29, 0.717) is 21.8 Å². The lowest BCUT2D eigenvalue weighted by molar-refractivity contribution is -0.131. The van der Waals surface area contributed by atoms with Crippen LogP contribution in [-0.4, -0.2) is 27.4 Å². The molecule has 0 aliphatic rings. The van der Waals surface area contributed by atoms with E-state index in [1.165, 1.54) is 27.1 Å². The van der Waals surface area contributed by atoms with Gasteiger partial charge >= 0.3 is 0 Å². The first-order chi connectivity index (χ1) is 13.9. The highest BCUT2D eigenvalue weighted by molar-refractivity contribution is 7.19. The van der Waals surface area contributed by atoms with Gasteiger partial charge in [0.25, 0.3) is 5.56 Å². The lowest BCUT2D eigenvalue weighted by Crippen LogP contribution is -2.33. The molecule has 0 fully saturated rings. The lowest BCUT2D eigenvalue weighted by Gasteiger charge is -2.18. The van der Waals surface area contributed by atoms with Crippen molar-refractivity contribution in [3.63, 3.8) is 0 Å². The van der Waals surface area contributed by atoms with E-state index in [9.17, 15) is 9.59 Å². The predicted molar refractivity (Wildman–Crippen MR) is 120 cm³/mol. The van der Waals surface area contributed by atoms with Gasteiger partial charge in [0.15, 0.2) is 0 Å². The number of aryl methyl sites for hydroxylation is 1. The molecular formula is C21H18ClN3O2S2. The van der Waals surface area contributed by atoms with Gasteiger partial charge in [0, 0.05) is 39.3 Å². The average molecular weight is 444 g/mol. The molecule has 5 nitrogen and oxygen atoms in total. The first-order valence-corrected chi connectivity index (χ1v) is 11.0. The Morgan fingerprint density at radius 1 is 1.28 bits per heavy atom. The number of rotatable bonds is 5. The Hall–Kier alpha value is -2.48. The number of aromatic nitrogens is 2. The standard InChI is InChI=1S/C21H18ClN3O2S2/c1-13-6-7-17(29-13)16-11-28-20-19(16)21(27)25(12-23-20)10-18(26)24(2)9-14-4-3-5-15(22)8-14/h3-8,11-12H,9-10H2,1-2H3. The molecule has 0 saturated carbocycles. The smallest absolute Gasteiger partial charge is 0.263 e. The summed E-state index contributed by atoms with van der Waals surface area (Å²) in [6.45, 7) is 2.40. The third kappa shape index (κ3) is 4.12. The first-order valence-electron chi connectivity index (χ1n) is 8.94. The largest absolute Gasteiger partial charge is 0.340 e. The fourth-order valence-electron chi connectivity index (χ4n) is 3.10. The molecule has 0 bridgehead atoms. The molecule has 0 radical (unpaired) electrons. The van der Waals surface area contributed by atoms with Gasteiger partial charge in [-0.2, -0.15) is 0 Å². The molecular weight excluding hydrogens is 426 g/mol. The van der Waals surface area contributed by atoms with Gasteiger partial charge in [0.2, 0.25) is 5.91 Å². The molecule has 29 heavy (non-hydrogen) atoms. The number of hydrogen-bond donors (Lipinski definition) is 0. The second-order valence-electron chi connectivity index (χ2n) is 6.80. The van der Waals surface area contributed by atoms with Crippen LogP contribution >= 0.6 is 34.3 Å². The summed E-state index contributed by atoms with van der Waals surface area (Å²) in [6.07, 6.45) is 1.45. The third-order valence-corrected chi connectivity index (χ3v) is 6.76. The summed E-state index contributed by atoms with van der Waals surface area (Å²) in [5.74, 6) is -0.169. The minimum atomic E-state index is -0.193. The van der Waals surface area contributed by atoms with Gasteiger partial charge in [-0.3, -0.25) is 14.2 Å². The zero-order valence-electron chi connectivity index (χ0n) is 15.9. The number of fused-ring (bicyclic) bond motifs is 1. The van der Waals surface area contributed by atoms with Crippen LogP contribution in [0.15, 0.2) is 52.9 Å². The Balaban J connectivity index is 1.60. The molecule has 3 heterocycles. The second kappa shape index (κ2) is 8.10. The van der Waals surface area contributed by atoms with Gasteiger partial charge in [-0.25, -0.2) is 4.98 Å². The Bertz CT molecular complexity index is 1260. The number of nitrogens with zero attached hydrogens (tertiary/aromatic N) is 3. The van der Waals surface area contributed by atoms with Crippen molar-refractivity contribution in [2.75, 3.05) is 7.05 Å². The summed E-state index contributed by atoms with van der Waals surface area (Å²) >= 11 is 9.10. The fourth-order valence-corrected chi connectivity index (χ4v) is 5.18. The van der Waals surface area contributed by atoms with Gasteiger partial charge in [0.05, 0.1) is 11.7 Å². The molecule has 1 amide bonds. The maximum atomic E-state index is 13.1. The van der Waals surface area contributed by atoms with E-state index in [2.05, 4.69) is 4.98 Å². The highest BCUT2D eigenvalue weighted by Crippen LogP contribution is 2.34. The van der Waals surface area contributed by atoms with Crippen molar-refractivity contribution >= 4 is 50.4 Å². The van der Waals surface area contributed by atoms with E-state index >= 15 is 0 Å². The monoisotopic (exact) mass is 443 g/mol. The summed E-state index contributed by atoms with van der Waals surface area (Å²) in [4.78, 5) is 34.7. The molecule has 3 aromatic heterocycles. The third-order valence-electron chi connectivity index (χ3n) is 4.61. The van der Waals surface area contributed by atoms with Crippen molar-refractivity contribution in [1.82, 2.24) is 14.5 Å². The normalized spacial score (nSPS) is 11.1. The van der Waals surface area contributed by atoms with Crippen molar-refractivity contribution in [1.29, 1.82) is 0 Å². The van der Waals surface area contributed by atoms with Crippen LogP contribution in [-0.2, 0) is 17.9 Å². The van der Waals surface area contributed by atoms with Crippen LogP contribution in [0.5, 0.6) is 0 Å². The van der Waals surface area contributed by atoms with Crippen molar-refractivity contribution in [2.24, 2.45) is 0 Å². The second-order valence-corrected chi connectivity index (χ2v) is 9.38. The topological polar surface area (TPSA) is 55.2 Å². The van der Waals surface area contributed by atoms with Crippen LogP contribution in [0.25, 0.3) is 20.7 Å². The number of hydrogen-bond acceptors (Lipinski definition) is 5. The van der Waals surface area contributed by atoms with Crippen molar-refractivity contribution in [2.45, 2.75) is 20.0 Å². The minimum absolute atomic E-state index is 0.0579. The number of benzene rings is 1. The first kappa shape index (κ1) is 19.8. The van der Waals surface area contributed by atoms with Crippen molar-refractivity contribution < 1.29 is 4.79 Å². The minimum Gasteiger partial charge on any atom is -0.340 e. The molecule has 0 N–H and O–H groups in total. The van der Waals surface area contributed by atoms with E-state index in [4.69, 9.17) is 11.6 Å². The molecule has 8 heteroatoms. The summed E-state index contributed by atoms with van der Waals surface area (Å²) < 4.78 is 1.38. The van der Waals surface area contributed by atoms with Crippen LogP contribution in [0.3, 0.4) is 0 Å². The number of likely N-dealkylation sites (N-methyl/N-ethyl adjacent to an activating group) is 1. The Kier molecular flexibility index (Phi) is 5.54. The summed E-state index contributed by atoms with van der Waals surface area (Å²) in [5, 5.41) is 3.16. The molecule has 4 rings (SSSR count). The van der Waals surface area contributed by atoms with E-state index in [1.54, 1.807) is 29.4 Å². The maximum absolute atomic E-state index is 13.1. The number of carbonyl (C=O) groups excluding carboxylic acids is 1. The molecule has 1 aromatic carbocycles. The van der Waals surface area contributed by atoms with Crippen LogP contribution < -0.4 is 5.56 Å². The fraction of sp³-hybridized carbons (Fsp3) is 0.190. The Morgan fingerprint density at radius 3 is 2.83 bits per heavy atom. The molecule has 4 aromatic rings. The van der Waals surface area contributed by atoms with Gasteiger partial charge in [-0.15, -0.1) is 22.7 Å². The number of thiophene rings is 2. The molecule has 0 saturated heterocycles. The SMILES string of the molecule is Cc1ccc(-c2csc3ncn(CC(=O)N(C)Cc4cccc(Cl)c4)c(=O)c23)s1. The van der Waals surface area contributed by atoms with Gasteiger partial charge in [-0.05, 0) is 36.8 Å². The Morgan fingerprint density at radius 2 is 2.10 bits per heavy atom. The van der Waals surface area contributed by atoms with Crippen LogP contribution in [0, 0.1) is 6.92 Å². The van der Waals surface area contributed by atoms with Gasteiger partial charge < -0.3 is 4.90 Å². The Labute approximate surface area is 180 Å². The summed E-state index contributed by atoms with van der Waals surface area (Å²) in [7, 11) is 1.71. The summed E-state index contributed by atoms with van der Waals surface area (Å²) in [6, 6.07) is 11.4. The zero-order valence-corrected chi connectivity index (χ0v) is 18.3. The number of carbonyl (C=O) groups is 1. The van der Waals surface area contributed by atoms with E-state index in [-0.39, 0.29) is 18.0 Å². The molecule has 0 atom stereocenters. The molecule has 0 unspecified atom stereocenters. The molecule has 0 aliphatic carbocycles. The van der Waals surface area contributed by atoms with Crippen molar-refractivity contribution in [3.05, 3.63) is 73.9 Å². The van der Waals surface area contributed by atoms with Crippen LogP contribution in [0.4, 0.5) is 0 Å². The van der Waals surface area contributed by atoms with Crippen LogP contribution in [0.2, 0.25) is 5.02 Å². The highest BCUT2D eigenvalue weighted by atomic mass is 35.5. The molecule has 148 valence electrons. The van der Waals surface area contributed by atoms with E-state index in [1.807, 2.05) is 42.6 Å². The van der Waals surface area contributed by atoms with E-state index in [0.717, 1.165) is 16.0 Å².